The predicted molar refractivity (Wildman–Crippen MR) is 106 cm³/mol. The fourth-order valence-corrected chi connectivity index (χ4v) is 4.85. The summed E-state index contributed by atoms with van der Waals surface area (Å²) in [6.07, 6.45) is 0.915. The number of hydrogen-bond acceptors (Lipinski definition) is 6. The summed E-state index contributed by atoms with van der Waals surface area (Å²) in [4.78, 5) is 24.9. The molecule has 154 valence electrons. The summed E-state index contributed by atoms with van der Waals surface area (Å²) in [7, 11) is -2.29. The first-order chi connectivity index (χ1) is 13.8. The van der Waals surface area contributed by atoms with Gasteiger partial charge in [0, 0.05) is 12.1 Å². The van der Waals surface area contributed by atoms with E-state index in [1.807, 2.05) is 6.92 Å². The molecule has 1 fully saturated rings. The quantitative estimate of drug-likeness (QED) is 0.508. The SMILES string of the molecule is COc1ccc(C(=O)COC(=O)[C@@H]2CCCN2S(=O)(=O)c2ccc(C)cc2)cc1. The Hall–Kier alpha value is -2.71. The van der Waals surface area contributed by atoms with Crippen LogP contribution in [0.4, 0.5) is 0 Å². The van der Waals surface area contributed by atoms with Gasteiger partial charge in [0.1, 0.15) is 11.8 Å². The van der Waals surface area contributed by atoms with Crippen LogP contribution in [-0.2, 0) is 19.6 Å². The van der Waals surface area contributed by atoms with Crippen molar-refractivity contribution >= 4 is 21.8 Å². The van der Waals surface area contributed by atoms with E-state index in [2.05, 4.69) is 0 Å². The van der Waals surface area contributed by atoms with Crippen molar-refractivity contribution in [2.75, 3.05) is 20.3 Å². The number of carbonyl (C=O) groups excluding carboxylic acids is 2. The number of carbonyl (C=O) groups is 2. The average Bonchev–Trinajstić information content (AvgIpc) is 3.23. The van der Waals surface area contributed by atoms with Crippen LogP contribution in [-0.4, -0.2) is 50.8 Å². The van der Waals surface area contributed by atoms with Gasteiger partial charge >= 0.3 is 5.97 Å². The molecule has 0 aromatic heterocycles. The standard InChI is InChI=1S/C21H23NO6S/c1-15-5-11-18(12-6-15)29(25,26)22-13-3-4-19(22)21(24)28-14-20(23)16-7-9-17(27-2)10-8-16/h5-12,19H,3-4,13-14H2,1-2H3/t19-/m0/s1. The van der Waals surface area contributed by atoms with Gasteiger partial charge in [-0.15, -0.1) is 0 Å². The zero-order valence-corrected chi connectivity index (χ0v) is 17.1. The van der Waals surface area contributed by atoms with Crippen molar-refractivity contribution in [2.45, 2.75) is 30.7 Å². The minimum atomic E-state index is -3.81. The van der Waals surface area contributed by atoms with E-state index in [0.29, 0.717) is 24.2 Å². The van der Waals surface area contributed by atoms with E-state index in [0.717, 1.165) is 9.87 Å². The third-order valence-corrected chi connectivity index (χ3v) is 6.78. The Labute approximate surface area is 170 Å². The molecular formula is C21H23NO6S. The van der Waals surface area contributed by atoms with Crippen LogP contribution in [0, 0.1) is 6.92 Å². The van der Waals surface area contributed by atoms with Crippen LogP contribution in [0.1, 0.15) is 28.8 Å². The highest BCUT2D eigenvalue weighted by Gasteiger charge is 2.40. The number of aryl methyl sites for hydroxylation is 1. The largest absolute Gasteiger partial charge is 0.497 e. The van der Waals surface area contributed by atoms with Crippen LogP contribution >= 0.6 is 0 Å². The van der Waals surface area contributed by atoms with Crippen LogP contribution in [0.3, 0.4) is 0 Å². The lowest BCUT2D eigenvalue weighted by Gasteiger charge is -2.22. The normalized spacial score (nSPS) is 17.1. The van der Waals surface area contributed by atoms with Gasteiger partial charge in [-0.3, -0.25) is 9.59 Å². The molecule has 1 heterocycles. The van der Waals surface area contributed by atoms with Crippen molar-refractivity contribution < 1.29 is 27.5 Å². The monoisotopic (exact) mass is 417 g/mol. The Kier molecular flexibility index (Phi) is 6.34. The average molecular weight is 417 g/mol. The first kappa shape index (κ1) is 21.0. The van der Waals surface area contributed by atoms with Crippen LogP contribution < -0.4 is 4.74 Å². The van der Waals surface area contributed by atoms with Gasteiger partial charge in [-0.1, -0.05) is 17.7 Å². The van der Waals surface area contributed by atoms with Crippen molar-refractivity contribution in [3.05, 3.63) is 59.7 Å². The Bertz CT molecular complexity index is 983. The number of methoxy groups -OCH3 is 1. The van der Waals surface area contributed by atoms with Gasteiger partial charge in [-0.05, 0) is 56.2 Å². The maximum Gasteiger partial charge on any atom is 0.324 e. The van der Waals surface area contributed by atoms with Gasteiger partial charge in [-0.25, -0.2) is 8.42 Å². The van der Waals surface area contributed by atoms with Crippen molar-refractivity contribution in [3.63, 3.8) is 0 Å². The van der Waals surface area contributed by atoms with Gasteiger partial charge in [0.05, 0.1) is 12.0 Å². The highest BCUT2D eigenvalue weighted by molar-refractivity contribution is 7.89. The summed E-state index contributed by atoms with van der Waals surface area (Å²) in [5.41, 5.74) is 1.33. The van der Waals surface area contributed by atoms with E-state index in [1.165, 1.54) is 19.2 Å². The highest BCUT2D eigenvalue weighted by Crippen LogP contribution is 2.27. The molecule has 0 N–H and O–H groups in total. The van der Waals surface area contributed by atoms with E-state index in [4.69, 9.17) is 9.47 Å². The first-order valence-corrected chi connectivity index (χ1v) is 10.7. The summed E-state index contributed by atoms with van der Waals surface area (Å²) in [6.45, 7) is 1.66. The minimum absolute atomic E-state index is 0.136. The second-order valence-corrected chi connectivity index (χ2v) is 8.74. The maximum atomic E-state index is 12.9. The molecule has 1 saturated heterocycles. The van der Waals surface area contributed by atoms with Crippen LogP contribution in [0.5, 0.6) is 5.75 Å². The van der Waals surface area contributed by atoms with Crippen LogP contribution in [0.15, 0.2) is 53.4 Å². The molecule has 0 spiro atoms. The zero-order chi connectivity index (χ0) is 21.0. The Morgan fingerprint density at radius 2 is 1.72 bits per heavy atom. The topological polar surface area (TPSA) is 90.0 Å². The molecule has 1 atom stereocenters. The van der Waals surface area contributed by atoms with E-state index in [-0.39, 0.29) is 17.2 Å². The summed E-state index contributed by atoms with van der Waals surface area (Å²) in [5.74, 6) is -0.464. The third kappa shape index (κ3) is 4.65. The number of Topliss-reactive ketones (excluding diaryl/α,β-unsaturated/α-hetero) is 1. The molecule has 0 amide bonds. The molecule has 2 aromatic carbocycles. The second kappa shape index (κ2) is 8.75. The number of benzene rings is 2. The van der Waals surface area contributed by atoms with Gasteiger partial charge < -0.3 is 9.47 Å². The summed E-state index contributed by atoms with van der Waals surface area (Å²) < 4.78 is 37.2. The molecule has 0 aliphatic carbocycles. The number of ether oxygens (including phenoxy) is 2. The van der Waals surface area contributed by atoms with Gasteiger partial charge in [-0.2, -0.15) is 4.31 Å². The van der Waals surface area contributed by atoms with Gasteiger partial charge in [0.15, 0.2) is 12.4 Å². The first-order valence-electron chi connectivity index (χ1n) is 9.25. The molecular weight excluding hydrogens is 394 g/mol. The summed E-state index contributed by atoms with van der Waals surface area (Å²) >= 11 is 0. The highest BCUT2D eigenvalue weighted by atomic mass is 32.2. The number of esters is 1. The van der Waals surface area contributed by atoms with Gasteiger partial charge in [0.2, 0.25) is 10.0 Å². The number of ketones is 1. The number of hydrogen-bond donors (Lipinski definition) is 0. The lowest BCUT2D eigenvalue weighted by Crippen LogP contribution is -2.41. The molecule has 0 saturated carbocycles. The Balaban J connectivity index is 1.66. The van der Waals surface area contributed by atoms with E-state index >= 15 is 0 Å². The van der Waals surface area contributed by atoms with E-state index in [1.54, 1.807) is 36.4 Å². The van der Waals surface area contributed by atoms with E-state index in [9.17, 15) is 18.0 Å². The molecule has 3 rings (SSSR count). The number of rotatable bonds is 7. The molecule has 8 heteroatoms. The summed E-state index contributed by atoms with van der Waals surface area (Å²) in [5, 5.41) is 0. The number of sulfonamides is 1. The summed E-state index contributed by atoms with van der Waals surface area (Å²) in [6, 6.07) is 12.0. The lowest BCUT2D eigenvalue weighted by atomic mass is 10.1. The fourth-order valence-electron chi connectivity index (χ4n) is 3.20. The van der Waals surface area contributed by atoms with Crippen molar-refractivity contribution in [3.8, 4) is 5.75 Å². The molecule has 29 heavy (non-hydrogen) atoms. The molecule has 1 aliphatic rings. The van der Waals surface area contributed by atoms with Crippen molar-refractivity contribution in [1.82, 2.24) is 4.31 Å². The third-order valence-electron chi connectivity index (χ3n) is 4.86. The smallest absolute Gasteiger partial charge is 0.324 e. The number of nitrogens with zero attached hydrogens (tertiary/aromatic N) is 1. The lowest BCUT2D eigenvalue weighted by molar-refractivity contribution is -0.146. The van der Waals surface area contributed by atoms with Crippen LogP contribution in [0.25, 0.3) is 0 Å². The van der Waals surface area contributed by atoms with Crippen molar-refractivity contribution in [1.29, 1.82) is 0 Å². The molecule has 0 bridgehead atoms. The minimum Gasteiger partial charge on any atom is -0.497 e. The Morgan fingerprint density at radius 1 is 1.07 bits per heavy atom. The zero-order valence-electron chi connectivity index (χ0n) is 16.3. The second-order valence-electron chi connectivity index (χ2n) is 6.85. The molecule has 1 aliphatic heterocycles. The van der Waals surface area contributed by atoms with Crippen LogP contribution in [0.2, 0.25) is 0 Å². The fraction of sp³-hybridized carbons (Fsp3) is 0.333. The molecule has 0 radical (unpaired) electrons. The maximum absolute atomic E-state index is 12.9. The molecule has 2 aromatic rings. The van der Waals surface area contributed by atoms with Gasteiger partial charge in [0.25, 0.3) is 0 Å². The molecule has 0 unspecified atom stereocenters. The molecule has 7 nitrogen and oxygen atoms in total. The Morgan fingerprint density at radius 3 is 2.34 bits per heavy atom. The van der Waals surface area contributed by atoms with Crippen molar-refractivity contribution in [2.24, 2.45) is 0 Å². The van der Waals surface area contributed by atoms with E-state index < -0.39 is 28.6 Å². The predicted octanol–water partition coefficient (Wildman–Crippen LogP) is 2.58.